The maximum Gasteiger partial charge on any atom is 0.356 e. The van der Waals surface area contributed by atoms with Gasteiger partial charge < -0.3 is 15.0 Å². The van der Waals surface area contributed by atoms with Crippen molar-refractivity contribution in [2.75, 3.05) is 32.8 Å². The SMILES string of the molecule is CCOC(=O)c1[nH]c(=O)[nH]c1CN1CC[C@@]2(CCCNC2)C1. The highest BCUT2D eigenvalue weighted by atomic mass is 16.5. The van der Waals surface area contributed by atoms with Crippen molar-refractivity contribution >= 4 is 5.97 Å². The molecule has 2 fully saturated rings. The van der Waals surface area contributed by atoms with Crippen LogP contribution >= 0.6 is 0 Å². The van der Waals surface area contributed by atoms with Crippen molar-refractivity contribution in [3.8, 4) is 0 Å². The number of aromatic nitrogens is 2. The molecule has 7 nitrogen and oxygen atoms in total. The summed E-state index contributed by atoms with van der Waals surface area (Å²) < 4.78 is 5.00. The lowest BCUT2D eigenvalue weighted by Gasteiger charge is -2.34. The zero-order valence-electron chi connectivity index (χ0n) is 13.0. The Morgan fingerprint density at radius 2 is 2.23 bits per heavy atom. The molecule has 22 heavy (non-hydrogen) atoms. The van der Waals surface area contributed by atoms with Crippen LogP contribution in [0.3, 0.4) is 0 Å². The van der Waals surface area contributed by atoms with Crippen molar-refractivity contribution in [2.45, 2.75) is 32.7 Å². The summed E-state index contributed by atoms with van der Waals surface area (Å²) in [5, 5.41) is 3.49. The molecule has 2 aliphatic heterocycles. The molecule has 0 radical (unpaired) electrons. The van der Waals surface area contributed by atoms with Crippen LogP contribution in [-0.2, 0) is 11.3 Å². The second-order valence-corrected chi connectivity index (χ2v) is 6.39. The first kappa shape index (κ1) is 15.3. The highest BCUT2D eigenvalue weighted by Crippen LogP contribution is 2.36. The molecule has 1 aromatic rings. The highest BCUT2D eigenvalue weighted by molar-refractivity contribution is 5.88. The van der Waals surface area contributed by atoms with Gasteiger partial charge in [-0.25, -0.2) is 9.59 Å². The minimum absolute atomic E-state index is 0.259. The minimum Gasteiger partial charge on any atom is -0.461 e. The second-order valence-electron chi connectivity index (χ2n) is 6.39. The Balaban J connectivity index is 1.69. The first-order valence-corrected chi connectivity index (χ1v) is 8.03. The Morgan fingerprint density at radius 1 is 1.36 bits per heavy atom. The van der Waals surface area contributed by atoms with Crippen molar-refractivity contribution < 1.29 is 9.53 Å². The Bertz CT molecular complexity index is 586. The quantitative estimate of drug-likeness (QED) is 0.703. The molecule has 0 aliphatic carbocycles. The van der Waals surface area contributed by atoms with Crippen LogP contribution in [0.2, 0.25) is 0 Å². The standard InChI is InChI=1S/C15H24N4O3/c1-2-22-13(20)12-11(17-14(21)18-12)8-19-7-5-15(10-19)4-3-6-16-9-15/h16H,2-10H2,1H3,(H2,17,18,21)/t15-/m1/s1. The fraction of sp³-hybridized carbons (Fsp3) is 0.733. The monoisotopic (exact) mass is 308 g/mol. The molecule has 1 aromatic heterocycles. The molecule has 2 saturated heterocycles. The first-order valence-electron chi connectivity index (χ1n) is 8.03. The van der Waals surface area contributed by atoms with E-state index in [1.807, 2.05) is 0 Å². The Kier molecular flexibility index (Phi) is 4.35. The normalized spacial score (nSPS) is 25.7. The van der Waals surface area contributed by atoms with Crippen LogP contribution in [0, 0.1) is 5.41 Å². The molecule has 3 rings (SSSR count). The fourth-order valence-electron chi connectivity index (χ4n) is 3.68. The summed E-state index contributed by atoms with van der Waals surface area (Å²) in [6.45, 7) is 6.81. The smallest absolute Gasteiger partial charge is 0.356 e. The Hall–Kier alpha value is -1.60. The van der Waals surface area contributed by atoms with Gasteiger partial charge in [0.1, 0.15) is 5.69 Å². The summed E-state index contributed by atoms with van der Waals surface area (Å²) in [6, 6.07) is 0. The van der Waals surface area contributed by atoms with E-state index in [1.165, 1.54) is 19.3 Å². The molecule has 0 unspecified atom stereocenters. The van der Waals surface area contributed by atoms with E-state index >= 15 is 0 Å². The topological polar surface area (TPSA) is 90.2 Å². The van der Waals surface area contributed by atoms with Crippen molar-refractivity contribution in [3.63, 3.8) is 0 Å². The van der Waals surface area contributed by atoms with Gasteiger partial charge in [-0.2, -0.15) is 0 Å². The number of ether oxygens (including phenoxy) is 1. The van der Waals surface area contributed by atoms with Crippen LogP contribution in [0.15, 0.2) is 4.79 Å². The van der Waals surface area contributed by atoms with E-state index in [4.69, 9.17) is 4.74 Å². The van der Waals surface area contributed by atoms with Gasteiger partial charge in [-0.3, -0.25) is 9.88 Å². The molecule has 0 bridgehead atoms. The maximum absolute atomic E-state index is 11.9. The molecule has 1 spiro atoms. The van der Waals surface area contributed by atoms with Crippen LogP contribution in [0.25, 0.3) is 0 Å². The van der Waals surface area contributed by atoms with Gasteiger partial charge in [0, 0.05) is 19.6 Å². The number of nitrogens with one attached hydrogen (secondary N) is 3. The number of likely N-dealkylation sites (tertiary alicyclic amines) is 1. The number of carbonyl (C=O) groups excluding carboxylic acids is 1. The average Bonchev–Trinajstić information content (AvgIpc) is 3.05. The van der Waals surface area contributed by atoms with Crippen molar-refractivity contribution in [3.05, 3.63) is 21.9 Å². The van der Waals surface area contributed by atoms with Crippen LogP contribution in [0.4, 0.5) is 0 Å². The van der Waals surface area contributed by atoms with E-state index in [9.17, 15) is 9.59 Å². The van der Waals surface area contributed by atoms with Gasteiger partial charge in [0.2, 0.25) is 0 Å². The summed E-state index contributed by atoms with van der Waals surface area (Å²) in [6.07, 6.45) is 3.65. The van der Waals surface area contributed by atoms with E-state index in [-0.39, 0.29) is 11.4 Å². The van der Waals surface area contributed by atoms with Gasteiger partial charge in [0.25, 0.3) is 0 Å². The van der Waals surface area contributed by atoms with Gasteiger partial charge >= 0.3 is 11.7 Å². The van der Waals surface area contributed by atoms with E-state index in [0.717, 1.165) is 26.2 Å². The molecule has 0 aromatic carbocycles. The second kappa shape index (κ2) is 6.26. The van der Waals surface area contributed by atoms with E-state index < -0.39 is 5.97 Å². The van der Waals surface area contributed by atoms with Crippen LogP contribution in [0.5, 0.6) is 0 Å². The predicted molar refractivity (Wildman–Crippen MR) is 81.8 cm³/mol. The number of esters is 1. The molecular formula is C15H24N4O3. The summed E-state index contributed by atoms with van der Waals surface area (Å²) >= 11 is 0. The summed E-state index contributed by atoms with van der Waals surface area (Å²) in [5.41, 5.74) is 0.893. The molecule has 3 heterocycles. The van der Waals surface area contributed by atoms with Gasteiger partial charge in [0.05, 0.1) is 12.3 Å². The third-order valence-electron chi connectivity index (χ3n) is 4.74. The van der Waals surface area contributed by atoms with Crippen molar-refractivity contribution in [1.29, 1.82) is 0 Å². The fourth-order valence-corrected chi connectivity index (χ4v) is 3.68. The largest absolute Gasteiger partial charge is 0.461 e. The number of aromatic amines is 2. The molecule has 3 N–H and O–H groups in total. The average molecular weight is 308 g/mol. The Labute approximate surface area is 129 Å². The number of imidazole rings is 1. The first-order chi connectivity index (χ1) is 10.6. The lowest BCUT2D eigenvalue weighted by atomic mass is 9.80. The number of piperidine rings is 1. The molecule has 2 aliphatic rings. The van der Waals surface area contributed by atoms with Gasteiger partial charge in [-0.1, -0.05) is 0 Å². The molecule has 0 amide bonds. The zero-order valence-corrected chi connectivity index (χ0v) is 13.0. The lowest BCUT2D eigenvalue weighted by Crippen LogP contribution is -2.41. The minimum atomic E-state index is -0.468. The number of hydrogen-bond acceptors (Lipinski definition) is 5. The Morgan fingerprint density at radius 3 is 2.95 bits per heavy atom. The molecule has 122 valence electrons. The van der Waals surface area contributed by atoms with E-state index in [0.29, 0.717) is 24.3 Å². The molecule has 1 atom stereocenters. The lowest BCUT2D eigenvalue weighted by molar-refractivity contribution is 0.0517. The molecular weight excluding hydrogens is 284 g/mol. The number of H-pyrrole nitrogens is 2. The summed E-state index contributed by atoms with van der Waals surface area (Å²) in [5.74, 6) is -0.468. The van der Waals surface area contributed by atoms with Gasteiger partial charge in [0.15, 0.2) is 0 Å². The van der Waals surface area contributed by atoms with Crippen molar-refractivity contribution in [1.82, 2.24) is 20.2 Å². The molecule has 0 saturated carbocycles. The summed E-state index contributed by atoms with van der Waals surface area (Å²) in [7, 11) is 0. The molecule has 7 heteroatoms. The third kappa shape index (κ3) is 3.10. The maximum atomic E-state index is 11.9. The third-order valence-corrected chi connectivity index (χ3v) is 4.74. The van der Waals surface area contributed by atoms with Gasteiger partial charge in [-0.15, -0.1) is 0 Å². The van der Waals surface area contributed by atoms with E-state index in [1.54, 1.807) is 6.92 Å². The zero-order chi connectivity index (χ0) is 15.6. The predicted octanol–water partition coefficient (Wildman–Crippen LogP) is 0.455. The van der Waals surface area contributed by atoms with Crippen LogP contribution < -0.4 is 11.0 Å². The van der Waals surface area contributed by atoms with Crippen LogP contribution in [0.1, 0.15) is 42.4 Å². The highest BCUT2D eigenvalue weighted by Gasteiger charge is 2.39. The van der Waals surface area contributed by atoms with E-state index in [2.05, 4.69) is 20.2 Å². The van der Waals surface area contributed by atoms with Crippen LogP contribution in [-0.4, -0.2) is 53.6 Å². The number of hydrogen-bond donors (Lipinski definition) is 3. The number of carbonyl (C=O) groups is 1. The summed E-state index contributed by atoms with van der Waals surface area (Å²) in [4.78, 5) is 31.0. The van der Waals surface area contributed by atoms with Gasteiger partial charge in [-0.05, 0) is 44.7 Å². The number of rotatable bonds is 4. The number of nitrogens with zero attached hydrogens (tertiary/aromatic N) is 1. The van der Waals surface area contributed by atoms with Crippen molar-refractivity contribution in [2.24, 2.45) is 5.41 Å².